The highest BCUT2D eigenvalue weighted by atomic mass is 16.3. The van der Waals surface area contributed by atoms with E-state index in [-0.39, 0.29) is 23.9 Å². The van der Waals surface area contributed by atoms with E-state index in [9.17, 15) is 9.59 Å². The molecule has 0 spiro atoms. The highest BCUT2D eigenvalue weighted by Gasteiger charge is 2.21. The van der Waals surface area contributed by atoms with E-state index in [1.54, 1.807) is 11.2 Å². The van der Waals surface area contributed by atoms with Gasteiger partial charge in [0, 0.05) is 44.0 Å². The number of benzene rings is 1. The van der Waals surface area contributed by atoms with Gasteiger partial charge in [-0.15, -0.1) is 0 Å². The molecule has 2 aromatic rings. The quantitative estimate of drug-likeness (QED) is 0.700. The largest absolute Gasteiger partial charge is 0.467 e. The summed E-state index contributed by atoms with van der Waals surface area (Å²) >= 11 is 0. The Kier molecular flexibility index (Phi) is 7.70. The first-order valence-electron chi connectivity index (χ1n) is 9.86. The lowest BCUT2D eigenvalue weighted by atomic mass is 10.1. The van der Waals surface area contributed by atoms with Gasteiger partial charge >= 0.3 is 6.03 Å². The summed E-state index contributed by atoms with van der Waals surface area (Å²) in [5.41, 5.74) is 2.61. The fourth-order valence-corrected chi connectivity index (χ4v) is 3.03. The molecule has 0 saturated heterocycles. The zero-order valence-electron chi connectivity index (χ0n) is 18.2. The van der Waals surface area contributed by atoms with Crippen molar-refractivity contribution in [3.8, 4) is 0 Å². The highest BCUT2D eigenvalue weighted by molar-refractivity contribution is 5.90. The summed E-state index contributed by atoms with van der Waals surface area (Å²) < 4.78 is 5.45. The van der Waals surface area contributed by atoms with Crippen LogP contribution < -0.4 is 15.5 Å². The van der Waals surface area contributed by atoms with Crippen LogP contribution in [0.3, 0.4) is 0 Å². The molecule has 0 aliphatic heterocycles. The van der Waals surface area contributed by atoms with Gasteiger partial charge < -0.3 is 24.9 Å². The van der Waals surface area contributed by atoms with Crippen LogP contribution in [0.15, 0.2) is 41.0 Å². The van der Waals surface area contributed by atoms with E-state index in [0.717, 1.165) is 17.0 Å². The number of anilines is 2. The van der Waals surface area contributed by atoms with Gasteiger partial charge in [-0.05, 0) is 49.7 Å². The molecule has 0 bridgehead atoms. The molecule has 0 atom stereocenters. The Morgan fingerprint density at radius 3 is 2.34 bits per heavy atom. The van der Waals surface area contributed by atoms with Crippen LogP contribution in [0, 0.1) is 5.92 Å². The van der Waals surface area contributed by atoms with Crippen molar-refractivity contribution in [2.75, 3.05) is 24.3 Å². The van der Waals surface area contributed by atoms with Crippen LogP contribution in [0.4, 0.5) is 16.2 Å². The third kappa shape index (κ3) is 6.55. The maximum Gasteiger partial charge on any atom is 0.319 e. The van der Waals surface area contributed by atoms with E-state index in [1.807, 2.05) is 77.0 Å². The Hall–Kier alpha value is -2.96. The molecule has 1 aromatic carbocycles. The molecule has 0 saturated carbocycles. The summed E-state index contributed by atoms with van der Waals surface area (Å²) in [6.07, 6.45) is 1.61. The van der Waals surface area contributed by atoms with E-state index < -0.39 is 0 Å². The predicted octanol–water partition coefficient (Wildman–Crippen LogP) is 4.06. The molecule has 0 radical (unpaired) electrons. The van der Waals surface area contributed by atoms with Gasteiger partial charge in [-0.2, -0.15) is 0 Å². The van der Waals surface area contributed by atoms with Crippen LogP contribution in [0.1, 0.15) is 39.0 Å². The summed E-state index contributed by atoms with van der Waals surface area (Å²) in [5.74, 6) is 0.643. The monoisotopic (exact) mass is 400 g/mol. The molecule has 29 heavy (non-hydrogen) atoms. The number of carbonyl (C=O) groups is 2. The number of nitrogens with zero attached hydrogens (tertiary/aromatic N) is 2. The molecule has 1 heterocycles. The Labute approximate surface area is 173 Å². The molecule has 2 rings (SSSR count). The molecule has 0 fully saturated rings. The summed E-state index contributed by atoms with van der Waals surface area (Å²) in [5, 5.41) is 5.67. The van der Waals surface area contributed by atoms with Gasteiger partial charge in [-0.3, -0.25) is 4.79 Å². The van der Waals surface area contributed by atoms with E-state index in [0.29, 0.717) is 18.8 Å². The molecule has 0 unspecified atom stereocenters. The van der Waals surface area contributed by atoms with Crippen molar-refractivity contribution >= 4 is 23.3 Å². The van der Waals surface area contributed by atoms with Gasteiger partial charge in [-0.1, -0.05) is 13.8 Å². The second kappa shape index (κ2) is 10.0. The number of hydrogen-bond acceptors (Lipinski definition) is 4. The Balaban J connectivity index is 2.30. The molecule has 7 nitrogen and oxygen atoms in total. The third-order valence-corrected chi connectivity index (χ3v) is 4.33. The molecule has 0 aliphatic rings. The summed E-state index contributed by atoms with van der Waals surface area (Å²) in [4.78, 5) is 28.7. The van der Waals surface area contributed by atoms with Gasteiger partial charge in [0.05, 0.1) is 12.8 Å². The maximum absolute atomic E-state index is 12.8. The molecule has 158 valence electrons. The fraction of sp³-hybridized carbons (Fsp3) is 0.455. The normalized spacial score (nSPS) is 10.9. The minimum absolute atomic E-state index is 0.0435. The Morgan fingerprint density at radius 2 is 1.79 bits per heavy atom. The first kappa shape index (κ1) is 22.3. The average molecular weight is 401 g/mol. The molecule has 2 N–H and O–H groups in total. The minimum Gasteiger partial charge on any atom is -0.467 e. The lowest BCUT2D eigenvalue weighted by Crippen LogP contribution is -2.34. The summed E-state index contributed by atoms with van der Waals surface area (Å²) in [6.45, 7) is 8.39. The Morgan fingerprint density at radius 1 is 1.07 bits per heavy atom. The van der Waals surface area contributed by atoms with Crippen LogP contribution >= 0.6 is 0 Å². The van der Waals surface area contributed by atoms with Crippen LogP contribution in [0.5, 0.6) is 0 Å². The number of carbonyl (C=O) groups excluding carboxylic acids is 2. The number of rotatable bonds is 8. The van der Waals surface area contributed by atoms with E-state index >= 15 is 0 Å². The second-order valence-corrected chi connectivity index (χ2v) is 7.92. The standard InChI is InChI=1S/C22H32N4O3/c1-15(2)21(27)26(14-19-8-7-11-29-19)13-17-12-18(9-10-20(17)25(5)6)24-22(28)23-16(3)4/h7-12,15-16H,13-14H2,1-6H3,(H2,23,24,28). The molecular formula is C22H32N4O3. The topological polar surface area (TPSA) is 77.8 Å². The number of nitrogens with one attached hydrogen (secondary N) is 2. The minimum atomic E-state index is -0.255. The van der Waals surface area contributed by atoms with Crippen molar-refractivity contribution in [3.05, 3.63) is 47.9 Å². The fourth-order valence-electron chi connectivity index (χ4n) is 3.03. The molecule has 0 aliphatic carbocycles. The van der Waals surface area contributed by atoms with Gasteiger partial charge in [0.25, 0.3) is 0 Å². The van der Waals surface area contributed by atoms with Gasteiger partial charge in [0.2, 0.25) is 5.91 Å². The van der Waals surface area contributed by atoms with Gasteiger partial charge in [0.1, 0.15) is 5.76 Å². The summed E-state index contributed by atoms with van der Waals surface area (Å²) in [6, 6.07) is 9.19. The third-order valence-electron chi connectivity index (χ3n) is 4.33. The van der Waals surface area contributed by atoms with Crippen molar-refractivity contribution in [1.29, 1.82) is 0 Å². The van der Waals surface area contributed by atoms with Crippen LogP contribution in [-0.2, 0) is 17.9 Å². The van der Waals surface area contributed by atoms with Crippen LogP contribution in [0.25, 0.3) is 0 Å². The van der Waals surface area contributed by atoms with E-state index in [2.05, 4.69) is 10.6 Å². The smallest absolute Gasteiger partial charge is 0.319 e. The summed E-state index contributed by atoms with van der Waals surface area (Å²) in [7, 11) is 3.91. The highest BCUT2D eigenvalue weighted by Crippen LogP contribution is 2.26. The Bertz CT molecular complexity index is 813. The first-order valence-corrected chi connectivity index (χ1v) is 9.86. The lowest BCUT2D eigenvalue weighted by molar-refractivity contribution is -0.136. The molecule has 3 amide bonds. The van der Waals surface area contributed by atoms with Gasteiger partial charge in [-0.25, -0.2) is 4.79 Å². The molecule has 1 aromatic heterocycles. The van der Waals surface area contributed by atoms with Crippen molar-refractivity contribution in [3.63, 3.8) is 0 Å². The maximum atomic E-state index is 12.8. The van der Waals surface area contributed by atoms with E-state index in [1.165, 1.54) is 0 Å². The van der Waals surface area contributed by atoms with Crippen molar-refractivity contribution in [1.82, 2.24) is 10.2 Å². The zero-order chi connectivity index (χ0) is 21.6. The molecule has 7 heteroatoms. The SMILES string of the molecule is CC(C)NC(=O)Nc1ccc(N(C)C)c(CN(Cc2ccco2)C(=O)C(C)C)c1. The lowest BCUT2D eigenvalue weighted by Gasteiger charge is -2.27. The van der Waals surface area contributed by atoms with Crippen molar-refractivity contribution in [2.45, 2.75) is 46.8 Å². The number of amides is 3. The second-order valence-electron chi connectivity index (χ2n) is 7.92. The average Bonchev–Trinajstić information content (AvgIpc) is 3.12. The van der Waals surface area contributed by atoms with Crippen molar-refractivity contribution in [2.24, 2.45) is 5.92 Å². The van der Waals surface area contributed by atoms with Gasteiger partial charge in [0.15, 0.2) is 0 Å². The zero-order valence-corrected chi connectivity index (χ0v) is 18.2. The predicted molar refractivity (Wildman–Crippen MR) is 116 cm³/mol. The van der Waals surface area contributed by atoms with E-state index in [4.69, 9.17) is 4.42 Å². The van der Waals surface area contributed by atoms with Crippen LogP contribution in [0.2, 0.25) is 0 Å². The number of hydrogen-bond donors (Lipinski definition) is 2. The van der Waals surface area contributed by atoms with Crippen LogP contribution in [-0.4, -0.2) is 37.0 Å². The first-order chi connectivity index (χ1) is 13.7. The van der Waals surface area contributed by atoms with Crippen molar-refractivity contribution < 1.29 is 14.0 Å². The molecular weight excluding hydrogens is 368 g/mol. The number of furan rings is 1. The number of urea groups is 1.